The van der Waals surface area contributed by atoms with Gasteiger partial charge < -0.3 is 15.2 Å². The van der Waals surface area contributed by atoms with Crippen LogP contribution in [-0.4, -0.2) is 17.0 Å². The third-order valence-corrected chi connectivity index (χ3v) is 5.99. The van der Waals surface area contributed by atoms with Gasteiger partial charge in [-0.3, -0.25) is 4.79 Å². The van der Waals surface area contributed by atoms with Crippen LogP contribution in [-0.2, 0) is 11.4 Å². The molecule has 3 rings (SSSR count). The summed E-state index contributed by atoms with van der Waals surface area (Å²) in [4.78, 5) is 23.4. The lowest BCUT2D eigenvalue weighted by atomic mass is 10.1. The summed E-state index contributed by atoms with van der Waals surface area (Å²) in [7, 11) is 0. The molecule has 9 heteroatoms. The zero-order valence-corrected chi connectivity index (χ0v) is 21.1. The largest absolute Gasteiger partial charge is 0.487 e. The molecular weight excluding hydrogens is 653 g/mol. The Morgan fingerprint density at radius 1 is 1.06 bits per heavy atom. The van der Waals surface area contributed by atoms with Gasteiger partial charge >= 0.3 is 5.97 Å². The van der Waals surface area contributed by atoms with Gasteiger partial charge in [-0.1, -0.05) is 12.1 Å². The molecule has 0 aliphatic rings. The Kier molecular flexibility index (Phi) is 8.40. The molecule has 0 fully saturated rings. The summed E-state index contributed by atoms with van der Waals surface area (Å²) in [6.07, 6.45) is 1.47. The smallest absolute Gasteiger partial charge is 0.335 e. The maximum Gasteiger partial charge on any atom is 0.335 e. The zero-order chi connectivity index (χ0) is 24.0. The first-order valence-electron chi connectivity index (χ1n) is 9.39. The molecule has 0 radical (unpaired) electrons. The van der Waals surface area contributed by atoms with Gasteiger partial charge in [0.2, 0.25) is 0 Å². The van der Waals surface area contributed by atoms with E-state index in [1.807, 2.05) is 6.07 Å². The Labute approximate surface area is 216 Å². The summed E-state index contributed by atoms with van der Waals surface area (Å²) < 4.78 is 20.5. The second kappa shape index (κ2) is 11.2. The van der Waals surface area contributed by atoms with Crippen LogP contribution in [0.3, 0.4) is 0 Å². The lowest BCUT2D eigenvalue weighted by Gasteiger charge is -2.12. The van der Waals surface area contributed by atoms with Gasteiger partial charge in [-0.15, -0.1) is 0 Å². The van der Waals surface area contributed by atoms with E-state index >= 15 is 0 Å². The van der Waals surface area contributed by atoms with Crippen LogP contribution in [0, 0.1) is 24.3 Å². The topological polar surface area (TPSA) is 99.4 Å². The van der Waals surface area contributed by atoms with Crippen molar-refractivity contribution in [2.24, 2.45) is 0 Å². The highest BCUT2D eigenvalue weighted by atomic mass is 127. The standard InChI is InChI=1S/C24H15FI2N2O4/c25-18-5-7-19(8-6-18)29-23(30)17(12-28)9-15-10-20(26)22(21(27)11-15)33-13-14-1-3-16(4-2-14)24(31)32/h1-11H,13H2,(H,29,30)(H,31,32). The summed E-state index contributed by atoms with van der Waals surface area (Å²) in [5.74, 6) is -1.37. The molecule has 0 bridgehead atoms. The maximum atomic E-state index is 13.0. The van der Waals surface area contributed by atoms with Crippen molar-refractivity contribution < 1.29 is 23.8 Å². The highest BCUT2D eigenvalue weighted by Crippen LogP contribution is 2.30. The van der Waals surface area contributed by atoms with Gasteiger partial charge in [0.25, 0.3) is 5.91 Å². The van der Waals surface area contributed by atoms with E-state index in [2.05, 4.69) is 50.5 Å². The third-order valence-electron chi connectivity index (χ3n) is 4.38. The number of nitrogens with zero attached hydrogens (tertiary/aromatic N) is 1. The van der Waals surface area contributed by atoms with Gasteiger partial charge in [0.15, 0.2) is 0 Å². The summed E-state index contributed by atoms with van der Waals surface area (Å²) in [5.41, 5.74) is 1.95. The number of hydrogen-bond donors (Lipinski definition) is 2. The number of rotatable bonds is 7. The van der Waals surface area contributed by atoms with Crippen LogP contribution in [0.2, 0.25) is 0 Å². The van der Waals surface area contributed by atoms with Gasteiger partial charge in [-0.2, -0.15) is 5.26 Å². The molecule has 33 heavy (non-hydrogen) atoms. The fraction of sp³-hybridized carbons (Fsp3) is 0.0417. The fourth-order valence-electron chi connectivity index (χ4n) is 2.75. The average Bonchev–Trinajstić information content (AvgIpc) is 2.78. The van der Waals surface area contributed by atoms with E-state index in [9.17, 15) is 19.2 Å². The highest BCUT2D eigenvalue weighted by molar-refractivity contribution is 14.1. The summed E-state index contributed by atoms with van der Waals surface area (Å²) >= 11 is 4.22. The molecule has 3 aromatic carbocycles. The zero-order valence-electron chi connectivity index (χ0n) is 16.8. The summed E-state index contributed by atoms with van der Waals surface area (Å²) in [6.45, 7) is 0.255. The normalized spacial score (nSPS) is 10.9. The molecule has 0 atom stereocenters. The van der Waals surface area contributed by atoms with Crippen LogP contribution in [0.15, 0.2) is 66.2 Å². The minimum Gasteiger partial charge on any atom is -0.487 e. The lowest BCUT2D eigenvalue weighted by Crippen LogP contribution is -2.13. The predicted octanol–water partition coefficient (Wildman–Crippen LogP) is 5.86. The Morgan fingerprint density at radius 2 is 1.67 bits per heavy atom. The fourth-order valence-corrected chi connectivity index (χ4v) is 4.87. The molecule has 3 aromatic rings. The number of carbonyl (C=O) groups is 2. The molecule has 166 valence electrons. The van der Waals surface area contributed by atoms with E-state index in [0.717, 1.165) is 12.7 Å². The van der Waals surface area contributed by atoms with Crippen molar-refractivity contribution in [1.82, 2.24) is 0 Å². The number of carboxylic acids is 1. The van der Waals surface area contributed by atoms with Gasteiger partial charge in [-0.25, -0.2) is 9.18 Å². The summed E-state index contributed by atoms with van der Waals surface area (Å²) in [6, 6.07) is 17.1. The number of carboxylic acid groups (broad SMARTS) is 1. The third kappa shape index (κ3) is 6.75. The van der Waals surface area contributed by atoms with Crippen LogP contribution < -0.4 is 10.1 Å². The molecule has 2 N–H and O–H groups in total. The number of amides is 1. The number of hydrogen-bond acceptors (Lipinski definition) is 4. The molecular formula is C24H15FI2N2O4. The molecule has 0 aliphatic heterocycles. The Bertz CT molecular complexity index is 1240. The predicted molar refractivity (Wildman–Crippen MR) is 138 cm³/mol. The van der Waals surface area contributed by atoms with E-state index in [-0.39, 0.29) is 17.7 Å². The molecule has 0 heterocycles. The molecule has 0 aliphatic carbocycles. The van der Waals surface area contributed by atoms with E-state index in [4.69, 9.17) is 9.84 Å². The lowest BCUT2D eigenvalue weighted by molar-refractivity contribution is -0.112. The first-order chi connectivity index (χ1) is 15.8. The van der Waals surface area contributed by atoms with Crippen LogP contribution in [0.25, 0.3) is 6.08 Å². The molecule has 0 spiro atoms. The second-order valence-corrected chi connectivity index (χ2v) is 9.06. The number of benzene rings is 3. The van der Waals surface area contributed by atoms with Crippen molar-refractivity contribution in [2.45, 2.75) is 6.61 Å². The van der Waals surface area contributed by atoms with Crippen molar-refractivity contribution >= 4 is 68.8 Å². The first kappa shape index (κ1) is 24.7. The summed E-state index contributed by atoms with van der Waals surface area (Å²) in [5, 5.41) is 21.0. The Morgan fingerprint density at radius 3 is 2.21 bits per heavy atom. The Balaban J connectivity index is 1.74. The van der Waals surface area contributed by atoms with Crippen molar-refractivity contribution in [3.05, 3.63) is 95.9 Å². The van der Waals surface area contributed by atoms with Crippen LogP contribution in [0.5, 0.6) is 5.75 Å². The molecule has 0 saturated heterocycles. The van der Waals surface area contributed by atoms with Crippen LogP contribution in [0.4, 0.5) is 10.1 Å². The van der Waals surface area contributed by atoms with Crippen molar-refractivity contribution in [2.75, 3.05) is 5.32 Å². The average molecular weight is 668 g/mol. The van der Waals surface area contributed by atoms with Gasteiger partial charge in [0.1, 0.15) is 29.8 Å². The molecule has 0 unspecified atom stereocenters. The van der Waals surface area contributed by atoms with E-state index < -0.39 is 17.7 Å². The van der Waals surface area contributed by atoms with Gasteiger partial charge in [-0.05, 0) is 111 Å². The minimum absolute atomic E-state index is 0.0990. The Hall–Kier alpha value is -2.98. The molecule has 0 aromatic heterocycles. The van der Waals surface area contributed by atoms with Crippen LogP contribution in [0.1, 0.15) is 21.5 Å². The maximum absolute atomic E-state index is 13.0. The van der Waals surface area contributed by atoms with E-state index in [1.54, 1.807) is 24.3 Å². The number of nitrogens with one attached hydrogen (secondary N) is 1. The number of aromatic carboxylic acids is 1. The number of ether oxygens (including phenoxy) is 1. The minimum atomic E-state index is -0.988. The van der Waals surface area contributed by atoms with Gasteiger partial charge in [0, 0.05) is 5.69 Å². The number of nitriles is 1. The van der Waals surface area contributed by atoms with Crippen molar-refractivity contribution in [3.8, 4) is 11.8 Å². The SMILES string of the molecule is N#CC(=Cc1cc(I)c(OCc2ccc(C(=O)O)cc2)c(I)c1)C(=O)Nc1ccc(F)cc1. The van der Waals surface area contributed by atoms with Crippen molar-refractivity contribution in [3.63, 3.8) is 0 Å². The van der Waals surface area contributed by atoms with Crippen molar-refractivity contribution in [1.29, 1.82) is 5.26 Å². The van der Waals surface area contributed by atoms with E-state index in [1.165, 1.54) is 42.5 Å². The number of halogens is 3. The first-order valence-corrected chi connectivity index (χ1v) is 11.6. The number of carbonyl (C=O) groups excluding carboxylic acids is 1. The molecule has 1 amide bonds. The monoisotopic (exact) mass is 668 g/mol. The number of anilines is 1. The van der Waals surface area contributed by atoms with Gasteiger partial charge in [0.05, 0.1) is 12.7 Å². The molecule has 6 nitrogen and oxygen atoms in total. The van der Waals surface area contributed by atoms with Crippen LogP contribution >= 0.6 is 45.2 Å². The quantitative estimate of drug-likeness (QED) is 0.187. The highest BCUT2D eigenvalue weighted by Gasteiger charge is 2.13. The second-order valence-electron chi connectivity index (χ2n) is 6.74. The van der Waals surface area contributed by atoms with E-state index in [0.29, 0.717) is 17.0 Å². The molecule has 0 saturated carbocycles.